The first-order valence-corrected chi connectivity index (χ1v) is 12.5. The molecule has 2 aliphatic carbocycles. The largest absolute Gasteiger partial charge is 0.355 e. The van der Waals surface area contributed by atoms with Crippen molar-refractivity contribution in [1.82, 2.24) is 20.0 Å². The van der Waals surface area contributed by atoms with E-state index in [1.807, 2.05) is 30.0 Å². The third kappa shape index (κ3) is 3.17. The first kappa shape index (κ1) is 21.6. The number of rotatable bonds is 5. The van der Waals surface area contributed by atoms with Gasteiger partial charge in [0.1, 0.15) is 6.04 Å². The van der Waals surface area contributed by atoms with Crippen molar-refractivity contribution in [3.05, 3.63) is 34.9 Å². The SMILES string of the molecule is CNC(=O)c1ccc2c(c1)CC[C@H]2N1C(=O)[C@@H]2C[C@H]1CN2C[C@H](C)C(=O)N1C2C[C@H]2C[C@H]1C#N. The number of hydrogen-bond acceptors (Lipinski definition) is 5. The molecule has 5 aliphatic rings. The molecule has 3 amide bonds. The summed E-state index contributed by atoms with van der Waals surface area (Å²) in [4.78, 5) is 44.7. The molecule has 3 saturated heterocycles. The second kappa shape index (κ2) is 7.81. The fourth-order valence-electron chi connectivity index (χ4n) is 7.04. The van der Waals surface area contributed by atoms with Crippen LogP contribution in [0.4, 0.5) is 0 Å². The molecule has 1 aromatic rings. The van der Waals surface area contributed by atoms with Gasteiger partial charge in [-0.2, -0.15) is 5.26 Å². The lowest BCUT2D eigenvalue weighted by Gasteiger charge is -2.39. The van der Waals surface area contributed by atoms with Crippen LogP contribution in [0.15, 0.2) is 18.2 Å². The normalized spacial score (nSPS) is 34.1. The van der Waals surface area contributed by atoms with Crippen molar-refractivity contribution < 1.29 is 14.4 Å². The standard InChI is InChI=1S/C26H31N5O3/c1-14(25(33)30-18(11-27)8-17-9-22(17)30)12-29-13-19-10-23(29)26(34)31(19)21-6-4-15-7-16(24(32)28-2)3-5-20(15)21/h3,5,7,14,17-19,21-23H,4,6,8-10,12-13H2,1-2H3,(H,28,32)/t14-,17+,18-,19-,21+,22?,23-/m0/s1. The second-order valence-electron chi connectivity index (χ2n) is 10.7. The van der Waals surface area contributed by atoms with Crippen LogP contribution in [-0.2, 0) is 16.0 Å². The minimum absolute atomic E-state index is 0.0697. The van der Waals surface area contributed by atoms with E-state index < -0.39 is 0 Å². The molecule has 3 heterocycles. The Balaban J connectivity index is 1.12. The smallest absolute Gasteiger partial charge is 0.251 e. The molecule has 8 heteroatoms. The van der Waals surface area contributed by atoms with Crippen LogP contribution >= 0.6 is 0 Å². The molecule has 6 rings (SSSR count). The third-order valence-corrected chi connectivity index (χ3v) is 8.77. The minimum Gasteiger partial charge on any atom is -0.355 e. The van der Waals surface area contributed by atoms with Gasteiger partial charge in [0.05, 0.1) is 18.2 Å². The maximum atomic E-state index is 13.4. The van der Waals surface area contributed by atoms with E-state index >= 15 is 0 Å². The number of aryl methyl sites for hydroxylation is 1. The lowest BCUT2D eigenvalue weighted by atomic mass is 10.0. The molecule has 7 atom stereocenters. The molecule has 0 spiro atoms. The van der Waals surface area contributed by atoms with E-state index in [1.54, 1.807) is 7.05 Å². The van der Waals surface area contributed by atoms with E-state index in [4.69, 9.17) is 0 Å². The zero-order chi connectivity index (χ0) is 23.7. The van der Waals surface area contributed by atoms with E-state index in [-0.39, 0.29) is 53.8 Å². The number of carbonyl (C=O) groups excluding carboxylic acids is 3. The van der Waals surface area contributed by atoms with Crippen molar-refractivity contribution in [2.45, 2.75) is 69.2 Å². The maximum Gasteiger partial charge on any atom is 0.251 e. The number of piperazine rings is 1. The molecule has 2 bridgehead atoms. The highest BCUT2D eigenvalue weighted by atomic mass is 16.2. The van der Waals surface area contributed by atoms with Crippen LogP contribution in [0.3, 0.4) is 0 Å². The summed E-state index contributed by atoms with van der Waals surface area (Å²) in [6, 6.07) is 8.20. The average Bonchev–Trinajstić information content (AvgIpc) is 3.18. The quantitative estimate of drug-likeness (QED) is 0.716. The van der Waals surface area contributed by atoms with Gasteiger partial charge >= 0.3 is 0 Å². The minimum atomic E-state index is -0.280. The van der Waals surface area contributed by atoms with Gasteiger partial charge in [0.15, 0.2) is 0 Å². The molecule has 34 heavy (non-hydrogen) atoms. The van der Waals surface area contributed by atoms with Crippen LogP contribution in [0.1, 0.15) is 60.1 Å². The van der Waals surface area contributed by atoms with Crippen LogP contribution in [0, 0.1) is 23.2 Å². The lowest BCUT2D eigenvalue weighted by Crippen LogP contribution is -2.53. The topological polar surface area (TPSA) is 96.8 Å². The Bertz CT molecular complexity index is 1110. The van der Waals surface area contributed by atoms with Crippen LogP contribution < -0.4 is 5.32 Å². The summed E-state index contributed by atoms with van der Waals surface area (Å²) in [5.41, 5.74) is 2.99. The number of nitrogens with zero attached hydrogens (tertiary/aromatic N) is 4. The van der Waals surface area contributed by atoms with E-state index in [0.29, 0.717) is 18.0 Å². The van der Waals surface area contributed by atoms with E-state index in [2.05, 4.69) is 21.2 Å². The van der Waals surface area contributed by atoms with Gasteiger partial charge in [-0.15, -0.1) is 0 Å². The van der Waals surface area contributed by atoms with E-state index in [9.17, 15) is 19.6 Å². The van der Waals surface area contributed by atoms with Crippen molar-refractivity contribution >= 4 is 17.7 Å². The maximum absolute atomic E-state index is 13.4. The molecule has 0 aromatic heterocycles. The summed E-state index contributed by atoms with van der Waals surface area (Å²) in [5.74, 6) is 0.448. The van der Waals surface area contributed by atoms with Crippen molar-refractivity contribution in [3.8, 4) is 6.07 Å². The number of hydrogen-bond donors (Lipinski definition) is 1. The molecule has 0 radical (unpaired) electrons. The van der Waals surface area contributed by atoms with Gasteiger partial charge in [-0.3, -0.25) is 19.3 Å². The summed E-state index contributed by atoms with van der Waals surface area (Å²) in [6.45, 7) is 3.31. The van der Waals surface area contributed by atoms with E-state index in [0.717, 1.165) is 44.2 Å². The number of fused-ring (bicyclic) bond motifs is 4. The van der Waals surface area contributed by atoms with Crippen LogP contribution in [0.2, 0.25) is 0 Å². The number of nitrogens with one attached hydrogen (secondary N) is 1. The summed E-state index contributed by atoms with van der Waals surface area (Å²) < 4.78 is 0. The van der Waals surface area contributed by atoms with Gasteiger partial charge in [-0.25, -0.2) is 0 Å². The number of likely N-dealkylation sites (tertiary alicyclic amines) is 3. The average molecular weight is 462 g/mol. The number of benzene rings is 1. The van der Waals surface area contributed by atoms with Crippen molar-refractivity contribution in [1.29, 1.82) is 5.26 Å². The lowest BCUT2D eigenvalue weighted by molar-refractivity contribution is -0.142. The Kier molecular flexibility index (Phi) is 4.96. The van der Waals surface area contributed by atoms with Crippen molar-refractivity contribution in [3.63, 3.8) is 0 Å². The Morgan fingerprint density at radius 2 is 2.06 bits per heavy atom. The second-order valence-corrected chi connectivity index (χ2v) is 10.7. The molecule has 4 fully saturated rings. The molecule has 1 saturated carbocycles. The monoisotopic (exact) mass is 461 g/mol. The van der Waals surface area contributed by atoms with Gasteiger partial charge in [0, 0.05) is 43.7 Å². The van der Waals surface area contributed by atoms with Crippen LogP contribution in [0.5, 0.6) is 0 Å². The highest BCUT2D eigenvalue weighted by Gasteiger charge is 2.56. The number of carbonyl (C=O) groups is 3. The summed E-state index contributed by atoms with van der Waals surface area (Å²) in [7, 11) is 1.63. The Morgan fingerprint density at radius 3 is 2.79 bits per heavy atom. The van der Waals surface area contributed by atoms with Gasteiger partial charge in [-0.1, -0.05) is 13.0 Å². The Labute approximate surface area is 199 Å². The van der Waals surface area contributed by atoms with E-state index in [1.165, 1.54) is 5.56 Å². The zero-order valence-corrected chi connectivity index (χ0v) is 19.7. The highest BCUT2D eigenvalue weighted by Crippen LogP contribution is 2.48. The number of nitriles is 1. The van der Waals surface area contributed by atoms with Crippen molar-refractivity contribution in [2.24, 2.45) is 11.8 Å². The molecular weight excluding hydrogens is 430 g/mol. The van der Waals surface area contributed by atoms with Gasteiger partial charge in [-0.05, 0) is 61.3 Å². The summed E-state index contributed by atoms with van der Waals surface area (Å²) in [6.07, 6.45) is 4.43. The number of piperidine rings is 1. The molecule has 3 aliphatic heterocycles. The fourth-order valence-corrected chi connectivity index (χ4v) is 7.04. The van der Waals surface area contributed by atoms with Crippen LogP contribution in [0.25, 0.3) is 0 Å². The van der Waals surface area contributed by atoms with Crippen molar-refractivity contribution in [2.75, 3.05) is 20.1 Å². The summed E-state index contributed by atoms with van der Waals surface area (Å²) in [5, 5.41) is 12.1. The third-order valence-electron chi connectivity index (χ3n) is 8.77. The predicted octanol–water partition coefficient (Wildman–Crippen LogP) is 1.47. The number of amides is 3. The fraction of sp³-hybridized carbons (Fsp3) is 0.615. The van der Waals surface area contributed by atoms with Gasteiger partial charge in [0.2, 0.25) is 11.8 Å². The zero-order valence-electron chi connectivity index (χ0n) is 19.7. The Morgan fingerprint density at radius 1 is 1.24 bits per heavy atom. The van der Waals surface area contributed by atoms with Crippen LogP contribution in [-0.4, -0.2) is 76.7 Å². The molecule has 8 nitrogen and oxygen atoms in total. The first-order valence-electron chi connectivity index (χ1n) is 12.5. The molecular formula is C26H31N5O3. The highest BCUT2D eigenvalue weighted by molar-refractivity contribution is 5.94. The molecule has 1 N–H and O–H groups in total. The van der Waals surface area contributed by atoms with Gasteiger partial charge < -0.3 is 15.1 Å². The molecule has 1 unspecified atom stereocenters. The first-order chi connectivity index (χ1) is 16.4. The van der Waals surface area contributed by atoms with Gasteiger partial charge in [0.25, 0.3) is 5.91 Å². The molecule has 1 aromatic carbocycles. The Hall–Kier alpha value is -2.92. The molecule has 178 valence electrons. The predicted molar refractivity (Wildman–Crippen MR) is 123 cm³/mol. The summed E-state index contributed by atoms with van der Waals surface area (Å²) >= 11 is 0.